The van der Waals surface area contributed by atoms with Crippen molar-refractivity contribution in [3.8, 4) is 0 Å². The Morgan fingerprint density at radius 3 is 2.56 bits per heavy atom. The third-order valence-corrected chi connectivity index (χ3v) is 3.26. The standard InChI is InChI=1S/C10H8Cl2N2OS/c11-7-3-6(4-8(12)5-7)9(15)14-10-13-1-2-16-10/h3-5H,1-2H2,(H,13,14,15). The Labute approximate surface area is 107 Å². The smallest absolute Gasteiger partial charge is 0.257 e. The number of carbonyl (C=O) groups is 1. The van der Waals surface area contributed by atoms with Crippen LogP contribution in [0.25, 0.3) is 0 Å². The van der Waals surface area contributed by atoms with Gasteiger partial charge >= 0.3 is 0 Å². The summed E-state index contributed by atoms with van der Waals surface area (Å²) >= 11 is 13.1. The summed E-state index contributed by atoms with van der Waals surface area (Å²) in [5.41, 5.74) is 0.438. The number of amides is 1. The Morgan fingerprint density at radius 1 is 1.31 bits per heavy atom. The number of hydrogen-bond donors (Lipinski definition) is 1. The molecule has 1 aromatic carbocycles. The molecule has 3 nitrogen and oxygen atoms in total. The molecule has 1 amide bonds. The zero-order valence-electron chi connectivity index (χ0n) is 8.17. The minimum absolute atomic E-state index is 0.238. The van der Waals surface area contributed by atoms with Crippen molar-refractivity contribution in [1.29, 1.82) is 0 Å². The molecule has 16 heavy (non-hydrogen) atoms. The third-order valence-electron chi connectivity index (χ3n) is 1.93. The lowest BCUT2D eigenvalue weighted by Crippen LogP contribution is -2.27. The number of halogens is 2. The first-order chi connectivity index (χ1) is 7.65. The van der Waals surface area contributed by atoms with Crippen molar-refractivity contribution in [3.05, 3.63) is 33.8 Å². The van der Waals surface area contributed by atoms with E-state index in [0.717, 1.165) is 12.3 Å². The Morgan fingerprint density at radius 2 is 2.00 bits per heavy atom. The molecule has 0 aromatic heterocycles. The normalized spacial score (nSPS) is 14.8. The monoisotopic (exact) mass is 274 g/mol. The van der Waals surface area contributed by atoms with Crippen LogP contribution in [0.4, 0.5) is 0 Å². The molecule has 2 rings (SSSR count). The van der Waals surface area contributed by atoms with Gasteiger partial charge in [-0.3, -0.25) is 9.79 Å². The first-order valence-electron chi connectivity index (χ1n) is 4.60. The van der Waals surface area contributed by atoms with Gasteiger partial charge in [0, 0.05) is 21.4 Å². The van der Waals surface area contributed by atoms with Crippen LogP contribution in [0.5, 0.6) is 0 Å². The van der Waals surface area contributed by atoms with E-state index in [1.165, 1.54) is 11.8 Å². The van der Waals surface area contributed by atoms with Crippen molar-refractivity contribution in [1.82, 2.24) is 5.32 Å². The Kier molecular flexibility index (Phi) is 3.74. The van der Waals surface area contributed by atoms with E-state index in [4.69, 9.17) is 23.2 Å². The molecular weight excluding hydrogens is 267 g/mol. The fourth-order valence-corrected chi connectivity index (χ4v) is 2.51. The van der Waals surface area contributed by atoms with Crippen molar-refractivity contribution < 1.29 is 4.79 Å². The Bertz CT molecular complexity index is 442. The minimum Gasteiger partial charge on any atom is -0.301 e. The number of nitrogens with one attached hydrogen (secondary N) is 1. The maximum absolute atomic E-state index is 11.8. The predicted molar refractivity (Wildman–Crippen MR) is 68.7 cm³/mol. The molecule has 6 heteroatoms. The highest BCUT2D eigenvalue weighted by Gasteiger charge is 2.13. The van der Waals surface area contributed by atoms with Gasteiger partial charge in [-0.05, 0) is 18.2 Å². The van der Waals surface area contributed by atoms with Crippen LogP contribution in [0.2, 0.25) is 10.0 Å². The van der Waals surface area contributed by atoms with Crippen molar-refractivity contribution in [2.75, 3.05) is 12.3 Å². The van der Waals surface area contributed by atoms with Gasteiger partial charge in [0.25, 0.3) is 5.91 Å². The highest BCUT2D eigenvalue weighted by atomic mass is 35.5. The molecule has 0 bridgehead atoms. The average molecular weight is 275 g/mol. The fourth-order valence-electron chi connectivity index (χ4n) is 1.26. The van der Waals surface area contributed by atoms with Gasteiger partial charge in [0.2, 0.25) is 0 Å². The van der Waals surface area contributed by atoms with E-state index in [0.29, 0.717) is 20.8 Å². The van der Waals surface area contributed by atoms with Crippen LogP contribution in [0.15, 0.2) is 23.2 Å². The first kappa shape index (κ1) is 11.8. The second kappa shape index (κ2) is 5.08. The predicted octanol–water partition coefficient (Wildman–Crippen LogP) is 2.83. The van der Waals surface area contributed by atoms with Gasteiger partial charge in [0.05, 0.1) is 6.54 Å². The molecular formula is C10H8Cl2N2OS. The molecule has 1 heterocycles. The van der Waals surface area contributed by atoms with Crippen LogP contribution < -0.4 is 5.32 Å². The Hall–Kier alpha value is -0.710. The summed E-state index contributed by atoms with van der Waals surface area (Å²) in [5, 5.41) is 4.25. The van der Waals surface area contributed by atoms with Crippen LogP contribution in [-0.4, -0.2) is 23.4 Å². The highest BCUT2D eigenvalue weighted by Crippen LogP contribution is 2.19. The molecule has 1 aliphatic rings. The molecule has 1 aliphatic heterocycles. The van der Waals surface area contributed by atoms with Gasteiger partial charge in [-0.1, -0.05) is 35.0 Å². The zero-order valence-corrected chi connectivity index (χ0v) is 10.5. The van der Waals surface area contributed by atoms with Gasteiger partial charge in [0.1, 0.15) is 0 Å². The maximum Gasteiger partial charge on any atom is 0.257 e. The summed E-state index contributed by atoms with van der Waals surface area (Å²) < 4.78 is 0. The summed E-state index contributed by atoms with van der Waals surface area (Å²) in [6.45, 7) is 0.747. The van der Waals surface area contributed by atoms with Gasteiger partial charge < -0.3 is 5.32 Å². The van der Waals surface area contributed by atoms with Crippen molar-refractivity contribution in [2.24, 2.45) is 4.99 Å². The number of carbonyl (C=O) groups excluding carboxylic acids is 1. The molecule has 0 saturated heterocycles. The van der Waals surface area contributed by atoms with E-state index in [2.05, 4.69) is 10.3 Å². The summed E-state index contributed by atoms with van der Waals surface area (Å²) in [5.74, 6) is 0.670. The zero-order chi connectivity index (χ0) is 11.5. The molecule has 1 aromatic rings. The molecule has 1 N–H and O–H groups in total. The SMILES string of the molecule is O=C(NC1=NCCS1)c1cc(Cl)cc(Cl)c1. The topological polar surface area (TPSA) is 41.5 Å². The first-order valence-corrected chi connectivity index (χ1v) is 6.34. The molecule has 0 spiro atoms. The molecule has 0 saturated carbocycles. The van der Waals surface area contributed by atoms with E-state index in [9.17, 15) is 4.79 Å². The number of thioether (sulfide) groups is 1. The molecule has 0 fully saturated rings. The number of rotatable bonds is 1. The van der Waals surface area contributed by atoms with E-state index in [1.54, 1.807) is 18.2 Å². The minimum atomic E-state index is -0.238. The second-order valence-corrected chi connectivity index (χ2v) is 5.10. The molecule has 0 unspecified atom stereocenters. The second-order valence-electron chi connectivity index (χ2n) is 3.15. The Balaban J connectivity index is 2.14. The van der Waals surface area contributed by atoms with Crippen molar-refractivity contribution >= 4 is 46.0 Å². The van der Waals surface area contributed by atoms with E-state index < -0.39 is 0 Å². The summed E-state index contributed by atoms with van der Waals surface area (Å²) in [4.78, 5) is 15.9. The van der Waals surface area contributed by atoms with E-state index in [-0.39, 0.29) is 5.91 Å². The highest BCUT2D eigenvalue weighted by molar-refractivity contribution is 8.14. The van der Waals surface area contributed by atoms with Crippen LogP contribution in [0.3, 0.4) is 0 Å². The number of nitrogens with zero attached hydrogens (tertiary/aromatic N) is 1. The van der Waals surface area contributed by atoms with Gasteiger partial charge in [-0.25, -0.2) is 0 Å². The lowest BCUT2D eigenvalue weighted by atomic mass is 10.2. The number of benzene rings is 1. The molecule has 84 valence electrons. The summed E-state index contributed by atoms with van der Waals surface area (Å²) in [7, 11) is 0. The summed E-state index contributed by atoms with van der Waals surface area (Å²) in [6, 6.07) is 4.73. The quantitative estimate of drug-likeness (QED) is 0.856. The molecule has 0 aliphatic carbocycles. The largest absolute Gasteiger partial charge is 0.301 e. The van der Waals surface area contributed by atoms with Crippen LogP contribution in [-0.2, 0) is 0 Å². The third kappa shape index (κ3) is 2.90. The number of amidine groups is 1. The van der Waals surface area contributed by atoms with Crippen LogP contribution in [0.1, 0.15) is 10.4 Å². The van der Waals surface area contributed by atoms with E-state index in [1.807, 2.05) is 0 Å². The average Bonchev–Trinajstić information content (AvgIpc) is 2.68. The molecule has 0 atom stereocenters. The van der Waals surface area contributed by atoms with Crippen molar-refractivity contribution in [3.63, 3.8) is 0 Å². The van der Waals surface area contributed by atoms with Crippen LogP contribution >= 0.6 is 35.0 Å². The number of hydrogen-bond acceptors (Lipinski definition) is 3. The van der Waals surface area contributed by atoms with Gasteiger partial charge in [-0.2, -0.15) is 0 Å². The maximum atomic E-state index is 11.8. The van der Waals surface area contributed by atoms with Gasteiger partial charge in [0.15, 0.2) is 5.17 Å². The number of aliphatic imine (C=N–C) groups is 1. The van der Waals surface area contributed by atoms with Gasteiger partial charge in [-0.15, -0.1) is 0 Å². The fraction of sp³-hybridized carbons (Fsp3) is 0.200. The van der Waals surface area contributed by atoms with Crippen LogP contribution in [0, 0.1) is 0 Å². The lowest BCUT2D eigenvalue weighted by Gasteiger charge is -2.04. The van der Waals surface area contributed by atoms with Crippen molar-refractivity contribution in [2.45, 2.75) is 0 Å². The van der Waals surface area contributed by atoms with E-state index >= 15 is 0 Å². The summed E-state index contributed by atoms with van der Waals surface area (Å²) in [6.07, 6.45) is 0. The lowest BCUT2D eigenvalue weighted by molar-refractivity contribution is 0.0978. The molecule has 0 radical (unpaired) electrons.